The van der Waals surface area contributed by atoms with Crippen molar-refractivity contribution in [1.82, 2.24) is 0 Å². The van der Waals surface area contributed by atoms with Crippen LogP contribution in [0.15, 0.2) is 27.6 Å². The van der Waals surface area contributed by atoms with Gasteiger partial charge in [0.05, 0.1) is 5.69 Å². The van der Waals surface area contributed by atoms with Crippen molar-refractivity contribution in [3.63, 3.8) is 0 Å². The monoisotopic (exact) mass is 271 g/mol. The molecule has 0 bridgehead atoms. The minimum Gasteiger partial charge on any atom is -0.379 e. The minimum absolute atomic E-state index is 0.589. The summed E-state index contributed by atoms with van der Waals surface area (Å²) >= 11 is 5.53. The van der Waals surface area contributed by atoms with Crippen LogP contribution in [-0.4, -0.2) is 11.8 Å². The van der Waals surface area contributed by atoms with Gasteiger partial charge in [-0.2, -0.15) is 0 Å². The fourth-order valence-corrected chi connectivity index (χ4v) is 3.46. The number of halogens is 1. The van der Waals surface area contributed by atoms with E-state index < -0.39 is 0 Å². The van der Waals surface area contributed by atoms with E-state index >= 15 is 0 Å². The molecule has 0 fully saturated rings. The summed E-state index contributed by atoms with van der Waals surface area (Å²) in [5.74, 6) is 1.85. The van der Waals surface area contributed by atoms with Gasteiger partial charge in [0.1, 0.15) is 0 Å². The number of anilines is 1. The topological polar surface area (TPSA) is 12.0 Å². The van der Waals surface area contributed by atoms with Gasteiger partial charge in [0.2, 0.25) is 0 Å². The SMILES string of the molecule is CC(C)C1CSc2cccc(Br)c2N1. The Morgan fingerprint density at radius 2 is 2.29 bits per heavy atom. The first-order chi connectivity index (χ1) is 6.68. The first-order valence-corrected chi connectivity index (χ1v) is 6.64. The van der Waals surface area contributed by atoms with Gasteiger partial charge in [0, 0.05) is 21.2 Å². The lowest BCUT2D eigenvalue weighted by molar-refractivity contribution is 0.562. The Hall–Kier alpha value is -0.150. The van der Waals surface area contributed by atoms with Gasteiger partial charge < -0.3 is 5.32 Å². The van der Waals surface area contributed by atoms with Crippen molar-refractivity contribution in [3.05, 3.63) is 22.7 Å². The third kappa shape index (κ3) is 1.94. The lowest BCUT2D eigenvalue weighted by atomic mass is 10.1. The highest BCUT2D eigenvalue weighted by molar-refractivity contribution is 9.10. The van der Waals surface area contributed by atoms with Crippen LogP contribution >= 0.6 is 27.7 Å². The predicted molar refractivity (Wildman–Crippen MR) is 67.1 cm³/mol. The number of nitrogens with one attached hydrogen (secondary N) is 1. The molecule has 1 aromatic carbocycles. The molecule has 0 aliphatic carbocycles. The van der Waals surface area contributed by atoms with Gasteiger partial charge in [-0.25, -0.2) is 0 Å². The van der Waals surface area contributed by atoms with Gasteiger partial charge >= 0.3 is 0 Å². The number of hydrogen-bond donors (Lipinski definition) is 1. The lowest BCUT2D eigenvalue weighted by Gasteiger charge is -2.29. The van der Waals surface area contributed by atoms with Crippen LogP contribution in [0.25, 0.3) is 0 Å². The zero-order valence-electron chi connectivity index (χ0n) is 8.38. The van der Waals surface area contributed by atoms with Crippen molar-refractivity contribution in [2.45, 2.75) is 24.8 Å². The van der Waals surface area contributed by atoms with Crippen molar-refractivity contribution in [3.8, 4) is 0 Å². The fourth-order valence-electron chi connectivity index (χ4n) is 1.53. The molecule has 1 aromatic rings. The maximum absolute atomic E-state index is 3.60. The Bertz CT molecular complexity index is 338. The predicted octanol–water partition coefficient (Wildman–Crippen LogP) is 3.99. The van der Waals surface area contributed by atoms with Crippen LogP contribution < -0.4 is 5.32 Å². The van der Waals surface area contributed by atoms with E-state index in [-0.39, 0.29) is 0 Å². The average Bonchev–Trinajstić information content (AvgIpc) is 2.18. The molecule has 1 N–H and O–H groups in total. The van der Waals surface area contributed by atoms with Crippen molar-refractivity contribution in [1.29, 1.82) is 0 Å². The molecular formula is C11H14BrNS. The van der Waals surface area contributed by atoms with Gasteiger partial charge in [-0.05, 0) is 34.0 Å². The van der Waals surface area contributed by atoms with E-state index in [0.29, 0.717) is 12.0 Å². The van der Waals surface area contributed by atoms with Crippen LogP contribution in [0.1, 0.15) is 13.8 Å². The number of fused-ring (bicyclic) bond motifs is 1. The van der Waals surface area contributed by atoms with E-state index in [9.17, 15) is 0 Å². The molecule has 76 valence electrons. The second kappa shape index (κ2) is 4.15. The molecule has 0 aromatic heterocycles. The zero-order chi connectivity index (χ0) is 10.1. The molecule has 1 atom stereocenters. The van der Waals surface area contributed by atoms with Gasteiger partial charge in [0.25, 0.3) is 0 Å². The van der Waals surface area contributed by atoms with Crippen LogP contribution in [0.3, 0.4) is 0 Å². The summed E-state index contributed by atoms with van der Waals surface area (Å²) in [5.41, 5.74) is 1.27. The summed E-state index contributed by atoms with van der Waals surface area (Å²) in [6.07, 6.45) is 0. The number of hydrogen-bond acceptors (Lipinski definition) is 2. The second-order valence-corrected chi connectivity index (χ2v) is 5.83. The van der Waals surface area contributed by atoms with Crippen molar-refractivity contribution in [2.24, 2.45) is 5.92 Å². The van der Waals surface area contributed by atoms with Crippen molar-refractivity contribution >= 4 is 33.4 Å². The van der Waals surface area contributed by atoms with Crippen LogP contribution in [0.4, 0.5) is 5.69 Å². The van der Waals surface area contributed by atoms with E-state index in [1.807, 2.05) is 11.8 Å². The Morgan fingerprint density at radius 3 is 3.00 bits per heavy atom. The molecule has 14 heavy (non-hydrogen) atoms. The number of benzene rings is 1. The molecule has 1 aliphatic rings. The zero-order valence-corrected chi connectivity index (χ0v) is 10.8. The summed E-state index contributed by atoms with van der Waals surface area (Å²) in [6, 6.07) is 6.95. The quantitative estimate of drug-likeness (QED) is 0.829. The highest BCUT2D eigenvalue weighted by atomic mass is 79.9. The summed E-state index contributed by atoms with van der Waals surface area (Å²) in [7, 11) is 0. The molecule has 2 rings (SSSR count). The van der Waals surface area contributed by atoms with Crippen LogP contribution in [0.5, 0.6) is 0 Å². The van der Waals surface area contributed by atoms with Gasteiger partial charge in [-0.1, -0.05) is 19.9 Å². The molecule has 0 saturated heterocycles. The highest BCUT2D eigenvalue weighted by Gasteiger charge is 2.21. The Morgan fingerprint density at radius 1 is 1.50 bits per heavy atom. The highest BCUT2D eigenvalue weighted by Crippen LogP contribution is 2.39. The molecular weight excluding hydrogens is 258 g/mol. The summed E-state index contributed by atoms with van der Waals surface area (Å²) in [4.78, 5) is 1.36. The third-order valence-corrected chi connectivity index (χ3v) is 4.37. The van der Waals surface area contributed by atoms with Gasteiger partial charge in [-0.15, -0.1) is 11.8 Å². The third-order valence-electron chi connectivity index (χ3n) is 2.53. The van der Waals surface area contributed by atoms with Crippen molar-refractivity contribution < 1.29 is 0 Å². The number of para-hydroxylation sites is 1. The van der Waals surface area contributed by atoms with E-state index in [0.717, 1.165) is 0 Å². The van der Waals surface area contributed by atoms with E-state index in [4.69, 9.17) is 0 Å². The van der Waals surface area contributed by atoms with Crippen LogP contribution in [0.2, 0.25) is 0 Å². The molecule has 0 saturated carbocycles. The molecule has 3 heteroatoms. The van der Waals surface area contributed by atoms with E-state index in [2.05, 4.69) is 53.3 Å². The molecule has 1 heterocycles. The maximum Gasteiger partial charge on any atom is 0.0625 e. The van der Waals surface area contributed by atoms with Crippen LogP contribution in [0, 0.1) is 5.92 Å². The Balaban J connectivity index is 2.29. The van der Waals surface area contributed by atoms with Crippen molar-refractivity contribution in [2.75, 3.05) is 11.1 Å². The molecule has 0 radical (unpaired) electrons. The summed E-state index contributed by atoms with van der Waals surface area (Å²) < 4.78 is 1.17. The second-order valence-electron chi connectivity index (χ2n) is 3.92. The Kier molecular flexibility index (Phi) is 3.07. The first-order valence-electron chi connectivity index (χ1n) is 4.86. The largest absolute Gasteiger partial charge is 0.379 e. The van der Waals surface area contributed by atoms with E-state index in [1.54, 1.807) is 0 Å². The molecule has 0 amide bonds. The summed E-state index contributed by atoms with van der Waals surface area (Å²) in [5, 5.41) is 3.60. The molecule has 1 nitrogen and oxygen atoms in total. The summed E-state index contributed by atoms with van der Waals surface area (Å²) in [6.45, 7) is 4.53. The number of rotatable bonds is 1. The van der Waals surface area contributed by atoms with E-state index in [1.165, 1.54) is 20.8 Å². The smallest absolute Gasteiger partial charge is 0.0625 e. The molecule has 0 spiro atoms. The lowest BCUT2D eigenvalue weighted by Crippen LogP contribution is -2.31. The van der Waals surface area contributed by atoms with Crippen LogP contribution in [-0.2, 0) is 0 Å². The standard InChI is InChI=1S/C11H14BrNS/c1-7(2)9-6-14-10-5-3-4-8(12)11(10)13-9/h3-5,7,9,13H,6H2,1-2H3. The normalized spacial score (nSPS) is 20.4. The maximum atomic E-state index is 3.60. The molecule has 1 aliphatic heterocycles. The molecule has 1 unspecified atom stereocenters. The van der Waals surface area contributed by atoms with Gasteiger partial charge in [-0.3, -0.25) is 0 Å². The Labute approximate surface area is 97.8 Å². The first kappa shape index (κ1) is 10.4. The fraction of sp³-hybridized carbons (Fsp3) is 0.455. The number of thioether (sulfide) groups is 1. The average molecular weight is 272 g/mol. The minimum atomic E-state index is 0.589. The van der Waals surface area contributed by atoms with Gasteiger partial charge in [0.15, 0.2) is 0 Å².